The molecule has 0 bridgehead atoms. The Morgan fingerprint density at radius 2 is 1.82 bits per heavy atom. The lowest BCUT2D eigenvalue weighted by Gasteiger charge is -2.24. The van der Waals surface area contributed by atoms with Crippen LogP contribution in [-0.2, 0) is 17.8 Å². The molecule has 1 aromatic heterocycles. The lowest BCUT2D eigenvalue weighted by Crippen LogP contribution is -2.38. The number of aryl methyl sites for hydroxylation is 2. The summed E-state index contributed by atoms with van der Waals surface area (Å²) in [5.74, 6) is -0.196. The normalized spacial score (nSPS) is 16.7. The molecule has 0 unspecified atom stereocenters. The maximum Gasteiger partial charge on any atom is 0.272 e. The average Bonchev–Trinajstić information content (AvgIpc) is 3.25. The van der Waals surface area contributed by atoms with Crippen LogP contribution in [0.4, 0.5) is 0 Å². The maximum atomic E-state index is 13.3. The third-order valence-electron chi connectivity index (χ3n) is 6.47. The number of nitrogens with zero attached hydrogens (tertiary/aromatic N) is 4. The van der Waals surface area contributed by atoms with Gasteiger partial charge in [-0.2, -0.15) is 0 Å². The van der Waals surface area contributed by atoms with E-state index in [2.05, 4.69) is 60.4 Å². The van der Waals surface area contributed by atoms with Gasteiger partial charge in [0.05, 0.1) is 18.4 Å². The highest BCUT2D eigenvalue weighted by Crippen LogP contribution is 2.23. The molecular weight excluding hydrogens is 412 g/mol. The van der Waals surface area contributed by atoms with Crippen molar-refractivity contribution in [2.45, 2.75) is 33.7 Å². The van der Waals surface area contributed by atoms with Crippen LogP contribution in [0.2, 0.25) is 0 Å². The molecule has 0 N–H and O–H groups in total. The summed E-state index contributed by atoms with van der Waals surface area (Å²) >= 11 is 0. The second kappa shape index (κ2) is 10.0. The summed E-state index contributed by atoms with van der Waals surface area (Å²) in [4.78, 5) is 34.3. The molecule has 1 aliphatic rings. The molecule has 0 aliphatic carbocycles. The van der Waals surface area contributed by atoms with Gasteiger partial charge in [0.15, 0.2) is 0 Å². The number of likely N-dealkylation sites (N-methyl/N-ethyl adjacent to an activating group) is 1. The van der Waals surface area contributed by atoms with E-state index in [4.69, 9.17) is 0 Å². The Hall–Kier alpha value is -3.41. The third-order valence-corrected chi connectivity index (χ3v) is 6.47. The van der Waals surface area contributed by atoms with Crippen molar-refractivity contribution in [3.8, 4) is 11.1 Å². The Morgan fingerprint density at radius 1 is 1.03 bits per heavy atom. The standard InChI is InChI=1S/C27H32N4O2/c1-4-29-13-14-31(27(33)25-17-28-19-30(25)5-2)18-24(26(29)32)16-21-9-11-22(12-10-21)23-8-6-7-20(3)15-23/h6-12,15,17,19,24H,4-5,13-14,16,18H2,1-3H3/t24-/m0/s1. The molecule has 3 aromatic rings. The number of carbonyl (C=O) groups is 2. The summed E-state index contributed by atoms with van der Waals surface area (Å²) in [5.41, 5.74) is 5.27. The molecule has 0 spiro atoms. The number of hydrogen-bond acceptors (Lipinski definition) is 3. The SMILES string of the molecule is CCN1CCN(C(=O)c2cncn2CC)C[C@H](Cc2ccc(-c3cccc(C)c3)cc2)C1=O. The van der Waals surface area contributed by atoms with E-state index in [0.29, 0.717) is 44.8 Å². The van der Waals surface area contributed by atoms with Gasteiger partial charge >= 0.3 is 0 Å². The third kappa shape index (κ3) is 5.00. The molecule has 1 saturated heterocycles. The molecule has 1 atom stereocenters. The van der Waals surface area contributed by atoms with Crippen LogP contribution < -0.4 is 0 Å². The van der Waals surface area contributed by atoms with Gasteiger partial charge in [-0.15, -0.1) is 0 Å². The smallest absolute Gasteiger partial charge is 0.272 e. The minimum atomic E-state index is -0.265. The van der Waals surface area contributed by atoms with E-state index < -0.39 is 0 Å². The number of rotatable bonds is 6. The van der Waals surface area contributed by atoms with Gasteiger partial charge in [0.1, 0.15) is 5.69 Å². The van der Waals surface area contributed by atoms with Gasteiger partial charge in [0, 0.05) is 32.7 Å². The molecule has 1 fully saturated rings. The molecule has 0 saturated carbocycles. The van der Waals surface area contributed by atoms with Gasteiger partial charge in [-0.05, 0) is 43.9 Å². The van der Waals surface area contributed by atoms with Gasteiger partial charge in [-0.1, -0.05) is 54.1 Å². The molecule has 33 heavy (non-hydrogen) atoms. The van der Waals surface area contributed by atoms with Crippen LogP contribution >= 0.6 is 0 Å². The Bertz CT molecular complexity index is 1120. The van der Waals surface area contributed by atoms with Crippen LogP contribution in [0.15, 0.2) is 61.1 Å². The van der Waals surface area contributed by atoms with Crippen molar-refractivity contribution in [3.63, 3.8) is 0 Å². The Labute approximate surface area is 195 Å². The van der Waals surface area contributed by atoms with E-state index in [-0.39, 0.29) is 17.7 Å². The largest absolute Gasteiger partial charge is 0.341 e. The topological polar surface area (TPSA) is 58.4 Å². The number of amides is 2. The summed E-state index contributed by atoms with van der Waals surface area (Å²) in [6, 6.07) is 16.9. The van der Waals surface area contributed by atoms with Crippen molar-refractivity contribution < 1.29 is 9.59 Å². The summed E-state index contributed by atoms with van der Waals surface area (Å²) in [6.45, 7) is 8.93. The fourth-order valence-electron chi connectivity index (χ4n) is 4.55. The predicted octanol–water partition coefficient (Wildman–Crippen LogP) is 4.04. The van der Waals surface area contributed by atoms with Crippen LogP contribution in [-0.4, -0.2) is 57.3 Å². The van der Waals surface area contributed by atoms with Crippen LogP contribution in [0.5, 0.6) is 0 Å². The molecule has 2 heterocycles. The van der Waals surface area contributed by atoms with Crippen LogP contribution in [0.25, 0.3) is 11.1 Å². The highest BCUT2D eigenvalue weighted by Gasteiger charge is 2.32. The Kier molecular flexibility index (Phi) is 6.92. The highest BCUT2D eigenvalue weighted by atomic mass is 16.2. The lowest BCUT2D eigenvalue weighted by atomic mass is 9.95. The fourth-order valence-corrected chi connectivity index (χ4v) is 4.55. The van der Waals surface area contributed by atoms with E-state index in [1.54, 1.807) is 12.5 Å². The predicted molar refractivity (Wildman–Crippen MR) is 130 cm³/mol. The molecule has 2 aromatic carbocycles. The van der Waals surface area contributed by atoms with Crippen LogP contribution in [0.3, 0.4) is 0 Å². The van der Waals surface area contributed by atoms with Crippen molar-refractivity contribution in [3.05, 3.63) is 77.9 Å². The second-order valence-corrected chi connectivity index (χ2v) is 8.70. The van der Waals surface area contributed by atoms with Gasteiger partial charge < -0.3 is 14.4 Å². The van der Waals surface area contributed by atoms with Crippen LogP contribution in [0.1, 0.15) is 35.5 Å². The Balaban J connectivity index is 1.54. The molecule has 4 rings (SSSR count). The highest BCUT2D eigenvalue weighted by molar-refractivity contribution is 5.93. The zero-order valence-corrected chi connectivity index (χ0v) is 19.7. The summed E-state index contributed by atoms with van der Waals surface area (Å²) in [6.07, 6.45) is 3.91. The number of benzene rings is 2. The van der Waals surface area contributed by atoms with Crippen molar-refractivity contribution in [1.29, 1.82) is 0 Å². The molecule has 6 heteroatoms. The van der Waals surface area contributed by atoms with Crippen molar-refractivity contribution in [2.24, 2.45) is 5.92 Å². The molecule has 0 radical (unpaired) electrons. The first-order valence-corrected chi connectivity index (χ1v) is 11.7. The van der Waals surface area contributed by atoms with E-state index in [1.165, 1.54) is 11.1 Å². The monoisotopic (exact) mass is 444 g/mol. The minimum Gasteiger partial charge on any atom is -0.341 e. The van der Waals surface area contributed by atoms with Gasteiger partial charge in [0.25, 0.3) is 5.91 Å². The van der Waals surface area contributed by atoms with E-state index in [9.17, 15) is 9.59 Å². The lowest BCUT2D eigenvalue weighted by molar-refractivity contribution is -0.134. The van der Waals surface area contributed by atoms with Gasteiger partial charge in [0.2, 0.25) is 5.91 Å². The van der Waals surface area contributed by atoms with Gasteiger partial charge in [-0.25, -0.2) is 4.98 Å². The van der Waals surface area contributed by atoms with Crippen molar-refractivity contribution in [2.75, 3.05) is 26.2 Å². The second-order valence-electron chi connectivity index (χ2n) is 8.70. The molecule has 1 aliphatic heterocycles. The van der Waals surface area contributed by atoms with E-state index in [0.717, 1.165) is 11.1 Å². The number of carbonyl (C=O) groups excluding carboxylic acids is 2. The fraction of sp³-hybridized carbons (Fsp3) is 0.370. The first-order chi connectivity index (χ1) is 16.0. The number of imidazole rings is 1. The number of hydrogen-bond donors (Lipinski definition) is 0. The van der Waals surface area contributed by atoms with Crippen LogP contribution in [0, 0.1) is 12.8 Å². The quantitative estimate of drug-likeness (QED) is 0.577. The average molecular weight is 445 g/mol. The summed E-state index contributed by atoms with van der Waals surface area (Å²) in [5, 5.41) is 0. The summed E-state index contributed by atoms with van der Waals surface area (Å²) in [7, 11) is 0. The Morgan fingerprint density at radius 3 is 2.52 bits per heavy atom. The first kappa shape index (κ1) is 22.8. The van der Waals surface area contributed by atoms with E-state index in [1.807, 2.05) is 28.2 Å². The zero-order chi connectivity index (χ0) is 23.4. The molecule has 172 valence electrons. The van der Waals surface area contributed by atoms with Crippen molar-refractivity contribution in [1.82, 2.24) is 19.4 Å². The van der Waals surface area contributed by atoms with Gasteiger partial charge in [-0.3, -0.25) is 9.59 Å². The van der Waals surface area contributed by atoms with Crippen molar-refractivity contribution >= 4 is 11.8 Å². The van der Waals surface area contributed by atoms with E-state index >= 15 is 0 Å². The first-order valence-electron chi connectivity index (χ1n) is 11.7. The zero-order valence-electron chi connectivity index (χ0n) is 19.7. The molecular formula is C27H32N4O2. The summed E-state index contributed by atoms with van der Waals surface area (Å²) < 4.78 is 1.85. The maximum absolute atomic E-state index is 13.3. The molecule has 2 amide bonds. The molecule has 6 nitrogen and oxygen atoms in total. The minimum absolute atomic E-state index is 0.0556. The number of aromatic nitrogens is 2.